The Kier molecular flexibility index (Phi) is 6.70. The minimum Gasteiger partial charge on any atom is -0.449 e. The molecule has 0 aliphatic carbocycles. The highest BCUT2D eigenvalue weighted by Gasteiger charge is 2.23. The molecule has 0 saturated heterocycles. The van der Waals surface area contributed by atoms with E-state index in [2.05, 4.69) is 10.6 Å². The summed E-state index contributed by atoms with van der Waals surface area (Å²) >= 11 is 0. The summed E-state index contributed by atoms with van der Waals surface area (Å²) in [5, 5.41) is 16.6. The van der Waals surface area contributed by atoms with Gasteiger partial charge in [0.05, 0.1) is 10.5 Å². The Morgan fingerprint density at radius 3 is 2.36 bits per heavy atom. The second kappa shape index (κ2) is 8.98. The average Bonchev–Trinajstić information content (AvgIpc) is 2.67. The zero-order valence-corrected chi connectivity index (χ0v) is 16.2. The van der Waals surface area contributed by atoms with Crippen molar-refractivity contribution in [2.75, 3.05) is 17.7 Å². The molecule has 2 aromatic carbocycles. The topological polar surface area (TPSA) is 111 Å². The number of nitrogens with zero attached hydrogens (tertiary/aromatic N) is 1. The van der Waals surface area contributed by atoms with Crippen LogP contribution in [0, 0.1) is 10.1 Å². The van der Waals surface area contributed by atoms with Crippen molar-refractivity contribution in [3.63, 3.8) is 0 Å². The Labute approximate surface area is 163 Å². The SMILES string of the molecule is CNc1ccc(C(=O)O[C@H](C)C(=O)Nc2ccccc2C(C)C)cc1[N+](=O)[O-]. The highest BCUT2D eigenvalue weighted by Crippen LogP contribution is 2.26. The third-order valence-electron chi connectivity index (χ3n) is 4.19. The van der Waals surface area contributed by atoms with E-state index in [9.17, 15) is 19.7 Å². The molecule has 0 aromatic heterocycles. The standard InChI is InChI=1S/C20H23N3O5/c1-12(2)15-7-5-6-8-16(15)22-19(24)13(3)28-20(25)14-9-10-17(21-4)18(11-14)23(26)27/h5-13,21H,1-4H3,(H,22,24)/t13-/m1/s1. The number of nitrogens with one attached hydrogen (secondary N) is 2. The maximum absolute atomic E-state index is 12.4. The van der Waals surface area contributed by atoms with Gasteiger partial charge in [-0.05, 0) is 36.6 Å². The Morgan fingerprint density at radius 1 is 1.07 bits per heavy atom. The van der Waals surface area contributed by atoms with E-state index >= 15 is 0 Å². The number of para-hydroxylation sites is 1. The van der Waals surface area contributed by atoms with Crippen LogP contribution in [0.25, 0.3) is 0 Å². The zero-order chi connectivity index (χ0) is 20.8. The average molecular weight is 385 g/mol. The summed E-state index contributed by atoms with van der Waals surface area (Å²) in [5.41, 5.74) is 1.64. The quantitative estimate of drug-likeness (QED) is 0.424. The van der Waals surface area contributed by atoms with Crippen molar-refractivity contribution in [1.29, 1.82) is 0 Å². The first kappa shape index (κ1) is 20.9. The number of hydrogen-bond donors (Lipinski definition) is 2. The molecule has 0 radical (unpaired) electrons. The molecule has 0 fully saturated rings. The number of nitro groups is 1. The molecule has 0 aliphatic heterocycles. The van der Waals surface area contributed by atoms with Crippen molar-refractivity contribution in [3.05, 3.63) is 63.7 Å². The van der Waals surface area contributed by atoms with Crippen LogP contribution < -0.4 is 10.6 Å². The van der Waals surface area contributed by atoms with Crippen LogP contribution in [0.5, 0.6) is 0 Å². The number of rotatable bonds is 7. The lowest BCUT2D eigenvalue weighted by Gasteiger charge is -2.17. The number of esters is 1. The van der Waals surface area contributed by atoms with Crippen LogP contribution >= 0.6 is 0 Å². The summed E-state index contributed by atoms with van der Waals surface area (Å²) in [6.07, 6.45) is -1.07. The van der Waals surface area contributed by atoms with Gasteiger partial charge in [-0.3, -0.25) is 14.9 Å². The summed E-state index contributed by atoms with van der Waals surface area (Å²) in [6, 6.07) is 11.3. The number of ether oxygens (including phenoxy) is 1. The smallest absolute Gasteiger partial charge is 0.339 e. The van der Waals surface area contributed by atoms with E-state index < -0.39 is 22.9 Å². The molecule has 1 atom stereocenters. The van der Waals surface area contributed by atoms with Crippen LogP contribution in [0.1, 0.15) is 42.6 Å². The van der Waals surface area contributed by atoms with Crippen molar-refractivity contribution in [3.8, 4) is 0 Å². The lowest BCUT2D eigenvalue weighted by molar-refractivity contribution is -0.384. The minimum absolute atomic E-state index is 0.00655. The molecular formula is C20H23N3O5. The van der Waals surface area contributed by atoms with Gasteiger partial charge in [0.1, 0.15) is 5.69 Å². The van der Waals surface area contributed by atoms with E-state index in [-0.39, 0.29) is 22.9 Å². The summed E-state index contributed by atoms with van der Waals surface area (Å²) in [7, 11) is 1.54. The van der Waals surface area contributed by atoms with Gasteiger partial charge >= 0.3 is 5.97 Å². The number of nitro benzene ring substituents is 1. The van der Waals surface area contributed by atoms with Crippen LogP contribution in [0.15, 0.2) is 42.5 Å². The first-order chi connectivity index (χ1) is 13.2. The molecule has 0 bridgehead atoms. The zero-order valence-electron chi connectivity index (χ0n) is 16.2. The molecule has 2 rings (SSSR count). The Morgan fingerprint density at radius 2 is 1.75 bits per heavy atom. The highest BCUT2D eigenvalue weighted by molar-refractivity contribution is 5.98. The molecule has 8 heteroatoms. The first-order valence-electron chi connectivity index (χ1n) is 8.81. The molecule has 0 spiro atoms. The fourth-order valence-corrected chi connectivity index (χ4v) is 2.65. The number of benzene rings is 2. The fourth-order valence-electron chi connectivity index (χ4n) is 2.65. The predicted molar refractivity (Wildman–Crippen MR) is 107 cm³/mol. The van der Waals surface area contributed by atoms with Gasteiger partial charge in [-0.2, -0.15) is 0 Å². The Bertz CT molecular complexity index is 895. The van der Waals surface area contributed by atoms with Gasteiger partial charge in [0.25, 0.3) is 11.6 Å². The molecule has 1 amide bonds. The van der Waals surface area contributed by atoms with Crippen molar-refractivity contribution in [2.24, 2.45) is 0 Å². The van der Waals surface area contributed by atoms with Crippen molar-refractivity contribution < 1.29 is 19.2 Å². The normalized spacial score (nSPS) is 11.6. The minimum atomic E-state index is -1.07. The van der Waals surface area contributed by atoms with Gasteiger partial charge in [0.2, 0.25) is 0 Å². The lowest BCUT2D eigenvalue weighted by Crippen LogP contribution is -2.30. The van der Waals surface area contributed by atoms with Gasteiger partial charge in [0.15, 0.2) is 6.10 Å². The van der Waals surface area contributed by atoms with Crippen molar-refractivity contribution >= 4 is 28.9 Å². The van der Waals surface area contributed by atoms with E-state index in [1.165, 1.54) is 19.1 Å². The van der Waals surface area contributed by atoms with E-state index in [4.69, 9.17) is 4.74 Å². The van der Waals surface area contributed by atoms with Gasteiger partial charge in [-0.25, -0.2) is 4.79 Å². The van der Waals surface area contributed by atoms with Crippen LogP contribution in [0.4, 0.5) is 17.1 Å². The molecule has 0 saturated carbocycles. The Balaban J connectivity index is 2.11. The van der Waals surface area contributed by atoms with Gasteiger partial charge in [0, 0.05) is 18.8 Å². The Hall–Kier alpha value is -3.42. The summed E-state index contributed by atoms with van der Waals surface area (Å²) < 4.78 is 5.19. The van der Waals surface area contributed by atoms with Crippen LogP contribution in [0.2, 0.25) is 0 Å². The van der Waals surface area contributed by atoms with Crippen molar-refractivity contribution in [1.82, 2.24) is 0 Å². The maximum Gasteiger partial charge on any atom is 0.339 e. The third-order valence-corrected chi connectivity index (χ3v) is 4.19. The van der Waals surface area contributed by atoms with Crippen LogP contribution in [-0.4, -0.2) is 30.0 Å². The van der Waals surface area contributed by atoms with Crippen LogP contribution in [-0.2, 0) is 9.53 Å². The second-order valence-corrected chi connectivity index (χ2v) is 6.52. The summed E-state index contributed by atoms with van der Waals surface area (Å²) in [5.74, 6) is -1.09. The summed E-state index contributed by atoms with van der Waals surface area (Å²) in [6.45, 7) is 5.47. The summed E-state index contributed by atoms with van der Waals surface area (Å²) in [4.78, 5) is 35.3. The van der Waals surface area contributed by atoms with E-state index in [1.807, 2.05) is 26.0 Å². The fraction of sp³-hybridized carbons (Fsp3) is 0.300. The second-order valence-electron chi connectivity index (χ2n) is 6.52. The van der Waals surface area contributed by atoms with E-state index in [0.717, 1.165) is 11.6 Å². The molecule has 8 nitrogen and oxygen atoms in total. The largest absolute Gasteiger partial charge is 0.449 e. The third kappa shape index (κ3) is 4.85. The molecule has 2 N–H and O–H groups in total. The number of carbonyl (C=O) groups excluding carboxylic acids is 2. The van der Waals surface area contributed by atoms with E-state index in [0.29, 0.717) is 5.69 Å². The predicted octanol–water partition coefficient (Wildman–Crippen LogP) is 3.94. The molecule has 0 unspecified atom stereocenters. The molecule has 0 aliphatic rings. The number of anilines is 2. The number of carbonyl (C=O) groups is 2. The molecular weight excluding hydrogens is 362 g/mol. The van der Waals surface area contributed by atoms with Gasteiger partial charge in [-0.15, -0.1) is 0 Å². The van der Waals surface area contributed by atoms with Gasteiger partial charge in [-0.1, -0.05) is 32.0 Å². The molecule has 148 valence electrons. The number of hydrogen-bond acceptors (Lipinski definition) is 6. The maximum atomic E-state index is 12.4. The van der Waals surface area contributed by atoms with Crippen LogP contribution in [0.3, 0.4) is 0 Å². The lowest BCUT2D eigenvalue weighted by atomic mass is 10.0. The van der Waals surface area contributed by atoms with Gasteiger partial charge < -0.3 is 15.4 Å². The molecule has 2 aromatic rings. The number of amides is 1. The molecule has 28 heavy (non-hydrogen) atoms. The first-order valence-corrected chi connectivity index (χ1v) is 8.81. The van der Waals surface area contributed by atoms with E-state index in [1.54, 1.807) is 19.2 Å². The van der Waals surface area contributed by atoms with Crippen molar-refractivity contribution in [2.45, 2.75) is 32.8 Å². The molecule has 0 heterocycles. The highest BCUT2D eigenvalue weighted by atomic mass is 16.6. The monoisotopic (exact) mass is 385 g/mol.